The Bertz CT molecular complexity index is 384. The molecule has 16 heavy (non-hydrogen) atoms. The molecular weight excluding hydrogens is 231 g/mol. The Labute approximate surface area is 98.8 Å². The Morgan fingerprint density at radius 3 is 2.88 bits per heavy atom. The molecule has 0 heterocycles. The minimum absolute atomic E-state index is 0.0352. The molecule has 1 rings (SSSR count). The Balaban J connectivity index is 2.66. The van der Waals surface area contributed by atoms with Gasteiger partial charge in [0.1, 0.15) is 5.82 Å². The molecule has 0 aromatic heterocycles. The molecule has 1 unspecified atom stereocenters. The summed E-state index contributed by atoms with van der Waals surface area (Å²) in [5.74, 6) is -0.915. The number of anilines is 1. The molecule has 0 bridgehead atoms. The molecule has 3 nitrogen and oxygen atoms in total. The normalized spacial score (nSPS) is 12.2. The first kappa shape index (κ1) is 12.9. The predicted octanol–water partition coefficient (Wildman–Crippen LogP) is 2.40. The van der Waals surface area contributed by atoms with Crippen LogP contribution < -0.4 is 11.1 Å². The Hall–Kier alpha value is -1.13. The Morgan fingerprint density at radius 2 is 2.31 bits per heavy atom. The second-order valence-electron chi connectivity index (χ2n) is 3.60. The molecule has 0 spiro atoms. The van der Waals surface area contributed by atoms with Gasteiger partial charge in [-0.3, -0.25) is 4.79 Å². The molecule has 0 saturated carbocycles. The molecule has 0 aliphatic carbocycles. The SMILES string of the molecule is CC(CCN)C(=O)Nc1ccc(Cl)c(F)c1. The number of hydrogen-bond acceptors (Lipinski definition) is 2. The highest BCUT2D eigenvalue weighted by molar-refractivity contribution is 6.30. The third kappa shape index (κ3) is 3.47. The van der Waals surface area contributed by atoms with Crippen LogP contribution >= 0.6 is 11.6 Å². The van der Waals surface area contributed by atoms with Crippen LogP contribution in [0, 0.1) is 11.7 Å². The van der Waals surface area contributed by atoms with Gasteiger partial charge in [-0.25, -0.2) is 4.39 Å². The van der Waals surface area contributed by atoms with Crippen molar-refractivity contribution >= 4 is 23.2 Å². The number of nitrogens with one attached hydrogen (secondary N) is 1. The van der Waals surface area contributed by atoms with Gasteiger partial charge in [-0.15, -0.1) is 0 Å². The summed E-state index contributed by atoms with van der Waals surface area (Å²) < 4.78 is 13.1. The molecular formula is C11H14ClFN2O. The number of halogens is 2. The largest absolute Gasteiger partial charge is 0.330 e. The maximum absolute atomic E-state index is 13.1. The second kappa shape index (κ2) is 5.82. The summed E-state index contributed by atoms with van der Waals surface area (Å²) in [6.07, 6.45) is 0.599. The van der Waals surface area contributed by atoms with Crippen LogP contribution in [0.3, 0.4) is 0 Å². The number of nitrogens with two attached hydrogens (primary N) is 1. The van der Waals surface area contributed by atoms with Crippen LogP contribution in [0.25, 0.3) is 0 Å². The van der Waals surface area contributed by atoms with Crippen molar-refractivity contribution in [2.75, 3.05) is 11.9 Å². The van der Waals surface area contributed by atoms with Crippen molar-refractivity contribution < 1.29 is 9.18 Å². The maximum Gasteiger partial charge on any atom is 0.227 e. The molecule has 0 saturated heterocycles. The second-order valence-corrected chi connectivity index (χ2v) is 4.00. The van der Waals surface area contributed by atoms with E-state index in [4.69, 9.17) is 17.3 Å². The molecule has 0 fully saturated rings. The summed E-state index contributed by atoms with van der Waals surface area (Å²) in [6, 6.07) is 4.15. The van der Waals surface area contributed by atoms with Crippen LogP contribution in [-0.2, 0) is 4.79 Å². The minimum atomic E-state index is -0.550. The Morgan fingerprint density at radius 1 is 1.62 bits per heavy atom. The zero-order valence-electron chi connectivity index (χ0n) is 8.97. The average Bonchev–Trinajstić information content (AvgIpc) is 2.24. The minimum Gasteiger partial charge on any atom is -0.330 e. The van der Waals surface area contributed by atoms with Gasteiger partial charge in [-0.05, 0) is 31.2 Å². The molecule has 0 radical (unpaired) electrons. The lowest BCUT2D eigenvalue weighted by molar-refractivity contribution is -0.119. The summed E-state index contributed by atoms with van der Waals surface area (Å²) in [5.41, 5.74) is 5.75. The lowest BCUT2D eigenvalue weighted by Crippen LogP contribution is -2.22. The van der Waals surface area contributed by atoms with Crippen LogP contribution in [0.2, 0.25) is 5.02 Å². The van der Waals surface area contributed by atoms with E-state index in [0.717, 1.165) is 0 Å². The van der Waals surface area contributed by atoms with E-state index in [9.17, 15) is 9.18 Å². The summed E-state index contributed by atoms with van der Waals surface area (Å²) in [5, 5.41) is 2.64. The number of carbonyl (C=O) groups is 1. The zero-order valence-corrected chi connectivity index (χ0v) is 9.72. The first-order valence-corrected chi connectivity index (χ1v) is 5.38. The number of rotatable bonds is 4. The Kier molecular flexibility index (Phi) is 4.71. The van der Waals surface area contributed by atoms with Crippen LogP contribution in [-0.4, -0.2) is 12.5 Å². The van der Waals surface area contributed by atoms with Crippen molar-refractivity contribution in [2.24, 2.45) is 11.7 Å². The average molecular weight is 245 g/mol. The summed E-state index contributed by atoms with van der Waals surface area (Å²) in [7, 11) is 0. The highest BCUT2D eigenvalue weighted by Crippen LogP contribution is 2.19. The fourth-order valence-electron chi connectivity index (χ4n) is 1.22. The fourth-order valence-corrected chi connectivity index (χ4v) is 1.34. The van der Waals surface area contributed by atoms with Crippen molar-refractivity contribution in [3.05, 3.63) is 29.0 Å². The number of carbonyl (C=O) groups excluding carboxylic acids is 1. The first-order valence-electron chi connectivity index (χ1n) is 5.00. The first-order chi connectivity index (χ1) is 7.54. The molecule has 1 aromatic rings. The topological polar surface area (TPSA) is 55.1 Å². The number of amides is 1. The van der Waals surface area contributed by atoms with Crippen molar-refractivity contribution in [3.8, 4) is 0 Å². The van der Waals surface area contributed by atoms with Crippen LogP contribution in [0.5, 0.6) is 0 Å². The van der Waals surface area contributed by atoms with E-state index in [1.165, 1.54) is 12.1 Å². The van der Waals surface area contributed by atoms with Gasteiger partial charge in [0.15, 0.2) is 0 Å². The standard InChI is InChI=1S/C11H14ClFN2O/c1-7(4-5-14)11(16)15-8-2-3-9(12)10(13)6-8/h2-3,6-7H,4-5,14H2,1H3,(H,15,16). The van der Waals surface area contributed by atoms with Gasteiger partial charge in [0.2, 0.25) is 5.91 Å². The number of hydrogen-bond donors (Lipinski definition) is 2. The number of benzene rings is 1. The van der Waals surface area contributed by atoms with E-state index in [0.29, 0.717) is 18.7 Å². The van der Waals surface area contributed by atoms with Crippen molar-refractivity contribution in [2.45, 2.75) is 13.3 Å². The smallest absolute Gasteiger partial charge is 0.227 e. The molecule has 88 valence electrons. The van der Waals surface area contributed by atoms with Gasteiger partial charge in [-0.1, -0.05) is 18.5 Å². The van der Waals surface area contributed by atoms with Crippen LogP contribution in [0.4, 0.5) is 10.1 Å². The highest BCUT2D eigenvalue weighted by atomic mass is 35.5. The van der Waals surface area contributed by atoms with Gasteiger partial charge < -0.3 is 11.1 Å². The molecule has 1 aromatic carbocycles. The van der Waals surface area contributed by atoms with E-state index in [-0.39, 0.29) is 16.8 Å². The monoisotopic (exact) mass is 244 g/mol. The van der Waals surface area contributed by atoms with E-state index >= 15 is 0 Å². The molecule has 1 amide bonds. The maximum atomic E-state index is 13.1. The van der Waals surface area contributed by atoms with E-state index in [1.807, 2.05) is 0 Å². The lowest BCUT2D eigenvalue weighted by atomic mass is 10.1. The van der Waals surface area contributed by atoms with Crippen LogP contribution in [0.1, 0.15) is 13.3 Å². The predicted molar refractivity (Wildman–Crippen MR) is 62.9 cm³/mol. The van der Waals surface area contributed by atoms with E-state index < -0.39 is 5.82 Å². The quantitative estimate of drug-likeness (QED) is 0.855. The van der Waals surface area contributed by atoms with Crippen molar-refractivity contribution in [1.29, 1.82) is 0 Å². The molecule has 5 heteroatoms. The zero-order chi connectivity index (χ0) is 12.1. The van der Waals surface area contributed by atoms with Gasteiger partial charge in [-0.2, -0.15) is 0 Å². The fraction of sp³-hybridized carbons (Fsp3) is 0.364. The van der Waals surface area contributed by atoms with E-state index in [1.54, 1.807) is 13.0 Å². The summed E-state index contributed by atoms with van der Waals surface area (Å²) in [4.78, 5) is 11.6. The molecule has 0 aliphatic rings. The van der Waals surface area contributed by atoms with Crippen molar-refractivity contribution in [3.63, 3.8) is 0 Å². The molecule has 3 N–H and O–H groups in total. The lowest BCUT2D eigenvalue weighted by Gasteiger charge is -2.11. The van der Waals surface area contributed by atoms with Gasteiger partial charge >= 0.3 is 0 Å². The highest BCUT2D eigenvalue weighted by Gasteiger charge is 2.12. The van der Waals surface area contributed by atoms with Crippen LogP contribution in [0.15, 0.2) is 18.2 Å². The van der Waals surface area contributed by atoms with Gasteiger partial charge in [0.25, 0.3) is 0 Å². The molecule has 0 aliphatic heterocycles. The third-order valence-corrected chi connectivity index (χ3v) is 2.54. The third-order valence-electron chi connectivity index (χ3n) is 2.23. The van der Waals surface area contributed by atoms with E-state index in [2.05, 4.69) is 5.32 Å². The summed E-state index contributed by atoms with van der Waals surface area (Å²) >= 11 is 5.53. The van der Waals surface area contributed by atoms with Crippen molar-refractivity contribution in [1.82, 2.24) is 0 Å². The summed E-state index contributed by atoms with van der Waals surface area (Å²) in [6.45, 7) is 2.22. The van der Waals surface area contributed by atoms with Gasteiger partial charge in [0.05, 0.1) is 5.02 Å². The molecule has 1 atom stereocenters. The van der Waals surface area contributed by atoms with Gasteiger partial charge in [0, 0.05) is 11.6 Å².